The van der Waals surface area contributed by atoms with Gasteiger partial charge in [0.25, 0.3) is 0 Å². The van der Waals surface area contributed by atoms with Gasteiger partial charge in [-0.25, -0.2) is 0 Å². The fourth-order valence-corrected chi connectivity index (χ4v) is 0.892. The topological polar surface area (TPSA) is 78.9 Å². The van der Waals surface area contributed by atoms with Crippen LogP contribution in [0.15, 0.2) is 5.16 Å². The Morgan fingerprint density at radius 3 is 2.42 bits per heavy atom. The van der Waals surface area contributed by atoms with E-state index in [9.17, 15) is 4.79 Å². The zero-order valence-electron chi connectivity index (χ0n) is 7.61. The number of amides is 1. The summed E-state index contributed by atoms with van der Waals surface area (Å²) in [4.78, 5) is 12.8. The van der Waals surface area contributed by atoms with E-state index >= 15 is 0 Å². The zero-order valence-corrected chi connectivity index (χ0v) is 7.61. The van der Waals surface area contributed by atoms with Crippen molar-refractivity contribution in [2.45, 2.75) is 13.3 Å². The van der Waals surface area contributed by atoms with Crippen molar-refractivity contribution in [3.8, 4) is 0 Å². The first-order chi connectivity index (χ1) is 5.54. The van der Waals surface area contributed by atoms with Crippen LogP contribution in [0.3, 0.4) is 0 Å². The van der Waals surface area contributed by atoms with Crippen molar-refractivity contribution < 1.29 is 10.0 Å². The predicted octanol–water partition coefficient (Wildman–Crippen LogP) is -0.153. The van der Waals surface area contributed by atoms with Gasteiger partial charge in [-0.15, -0.1) is 0 Å². The van der Waals surface area contributed by atoms with Crippen LogP contribution in [0.4, 0.5) is 0 Å². The van der Waals surface area contributed by atoms with Crippen LogP contribution >= 0.6 is 0 Å². The van der Waals surface area contributed by atoms with Crippen LogP contribution < -0.4 is 5.73 Å². The lowest BCUT2D eigenvalue weighted by Gasteiger charge is -2.17. The molecule has 0 aromatic rings. The van der Waals surface area contributed by atoms with E-state index in [0.29, 0.717) is 6.42 Å². The molecule has 0 saturated carbocycles. The molecular formula is C7H15N3O2. The first kappa shape index (κ1) is 10.7. The lowest BCUT2D eigenvalue weighted by atomic mass is 10.0. The highest BCUT2D eigenvalue weighted by Gasteiger charge is 2.22. The Balaban J connectivity index is 4.46. The zero-order chi connectivity index (χ0) is 9.72. The smallest absolute Gasteiger partial charge is 0.232 e. The van der Waals surface area contributed by atoms with Crippen LogP contribution in [0, 0.1) is 5.92 Å². The Kier molecular flexibility index (Phi) is 4.10. The third-order valence-electron chi connectivity index (χ3n) is 1.62. The number of oxime groups is 1. The lowest BCUT2D eigenvalue weighted by molar-refractivity contribution is -0.130. The number of rotatable bonds is 3. The van der Waals surface area contributed by atoms with Gasteiger partial charge in [0.1, 0.15) is 0 Å². The molecule has 0 spiro atoms. The molecule has 3 N–H and O–H groups in total. The summed E-state index contributed by atoms with van der Waals surface area (Å²) in [5, 5.41) is 11.2. The first-order valence-electron chi connectivity index (χ1n) is 3.73. The molecule has 0 aliphatic heterocycles. The second-order valence-corrected chi connectivity index (χ2v) is 2.72. The van der Waals surface area contributed by atoms with Gasteiger partial charge in [-0.3, -0.25) is 4.79 Å². The summed E-state index contributed by atoms with van der Waals surface area (Å²) in [7, 11) is 3.27. The Hall–Kier alpha value is -1.26. The molecule has 0 bridgehead atoms. The molecule has 1 atom stereocenters. The van der Waals surface area contributed by atoms with E-state index < -0.39 is 5.92 Å². The number of hydrogen-bond acceptors (Lipinski definition) is 3. The lowest BCUT2D eigenvalue weighted by Crippen LogP contribution is -2.37. The number of carbonyl (C=O) groups excluding carboxylic acids is 1. The number of hydrogen-bond donors (Lipinski definition) is 2. The molecule has 0 aliphatic rings. The second kappa shape index (κ2) is 4.58. The molecule has 0 radical (unpaired) electrons. The Bertz CT molecular complexity index is 189. The normalized spacial score (nSPS) is 14.1. The third kappa shape index (κ3) is 2.41. The predicted molar refractivity (Wildman–Crippen MR) is 45.9 cm³/mol. The fraction of sp³-hybridized carbons (Fsp3) is 0.714. The molecule has 1 amide bonds. The maximum absolute atomic E-state index is 11.3. The largest absolute Gasteiger partial charge is 0.409 e. The minimum atomic E-state index is -0.509. The molecule has 0 fully saturated rings. The van der Waals surface area contributed by atoms with Gasteiger partial charge >= 0.3 is 0 Å². The van der Waals surface area contributed by atoms with Crippen LogP contribution in [0.1, 0.15) is 13.3 Å². The van der Waals surface area contributed by atoms with Crippen molar-refractivity contribution in [1.29, 1.82) is 0 Å². The number of carbonyl (C=O) groups is 1. The molecule has 0 saturated heterocycles. The number of nitrogens with two attached hydrogens (primary N) is 1. The van der Waals surface area contributed by atoms with Crippen LogP contribution in [0.5, 0.6) is 0 Å². The monoisotopic (exact) mass is 173 g/mol. The summed E-state index contributed by atoms with van der Waals surface area (Å²) in [6.45, 7) is 1.81. The van der Waals surface area contributed by atoms with Gasteiger partial charge in [0, 0.05) is 14.1 Å². The van der Waals surface area contributed by atoms with E-state index in [2.05, 4.69) is 5.16 Å². The molecule has 5 heteroatoms. The average molecular weight is 173 g/mol. The Labute approximate surface area is 71.8 Å². The number of amidine groups is 1. The van der Waals surface area contributed by atoms with E-state index in [-0.39, 0.29) is 11.7 Å². The van der Waals surface area contributed by atoms with Gasteiger partial charge in [-0.05, 0) is 6.42 Å². The molecular weight excluding hydrogens is 158 g/mol. The molecule has 0 rings (SSSR count). The summed E-state index contributed by atoms with van der Waals surface area (Å²) in [5.41, 5.74) is 5.32. The Morgan fingerprint density at radius 1 is 1.67 bits per heavy atom. The van der Waals surface area contributed by atoms with Gasteiger partial charge in [-0.2, -0.15) is 0 Å². The second-order valence-electron chi connectivity index (χ2n) is 2.72. The van der Waals surface area contributed by atoms with Crippen molar-refractivity contribution in [3.63, 3.8) is 0 Å². The number of nitrogens with zero attached hydrogens (tertiary/aromatic N) is 2. The van der Waals surface area contributed by atoms with E-state index in [1.807, 2.05) is 6.92 Å². The summed E-state index contributed by atoms with van der Waals surface area (Å²) in [6, 6.07) is 0. The summed E-state index contributed by atoms with van der Waals surface area (Å²) >= 11 is 0. The van der Waals surface area contributed by atoms with Crippen molar-refractivity contribution in [2.24, 2.45) is 16.8 Å². The maximum Gasteiger partial charge on any atom is 0.232 e. The average Bonchev–Trinajstić information content (AvgIpc) is 2.05. The molecule has 0 aromatic carbocycles. The van der Waals surface area contributed by atoms with E-state index in [0.717, 1.165) is 0 Å². The maximum atomic E-state index is 11.3. The Morgan fingerprint density at radius 2 is 2.17 bits per heavy atom. The molecule has 12 heavy (non-hydrogen) atoms. The van der Waals surface area contributed by atoms with E-state index in [1.54, 1.807) is 14.1 Å². The van der Waals surface area contributed by atoms with E-state index in [1.165, 1.54) is 4.90 Å². The van der Waals surface area contributed by atoms with Crippen LogP contribution in [-0.4, -0.2) is 35.9 Å². The summed E-state index contributed by atoms with van der Waals surface area (Å²) in [6.07, 6.45) is 0.535. The molecule has 5 nitrogen and oxygen atoms in total. The SMILES string of the molecule is CCC(C(=O)N(C)C)C(N)=NO. The highest BCUT2D eigenvalue weighted by atomic mass is 16.4. The van der Waals surface area contributed by atoms with Gasteiger partial charge < -0.3 is 15.8 Å². The third-order valence-corrected chi connectivity index (χ3v) is 1.62. The fourth-order valence-electron chi connectivity index (χ4n) is 0.892. The quantitative estimate of drug-likeness (QED) is 0.269. The van der Waals surface area contributed by atoms with Crippen LogP contribution in [0.2, 0.25) is 0 Å². The molecule has 0 aliphatic carbocycles. The molecule has 0 aromatic heterocycles. The highest BCUT2D eigenvalue weighted by Crippen LogP contribution is 2.05. The van der Waals surface area contributed by atoms with E-state index in [4.69, 9.17) is 10.9 Å². The molecule has 70 valence electrons. The van der Waals surface area contributed by atoms with Gasteiger partial charge in [0.05, 0.1) is 5.92 Å². The summed E-state index contributed by atoms with van der Waals surface area (Å²) < 4.78 is 0. The minimum Gasteiger partial charge on any atom is -0.409 e. The van der Waals surface area contributed by atoms with Gasteiger partial charge in [-0.1, -0.05) is 12.1 Å². The van der Waals surface area contributed by atoms with Crippen molar-refractivity contribution in [1.82, 2.24) is 4.90 Å². The first-order valence-corrected chi connectivity index (χ1v) is 3.73. The van der Waals surface area contributed by atoms with Crippen molar-refractivity contribution in [3.05, 3.63) is 0 Å². The van der Waals surface area contributed by atoms with Gasteiger partial charge in [0.2, 0.25) is 5.91 Å². The van der Waals surface area contributed by atoms with Crippen molar-refractivity contribution >= 4 is 11.7 Å². The standard InChI is InChI=1S/C7H15N3O2/c1-4-5(6(8)9-12)7(11)10(2)3/h5,12H,4H2,1-3H3,(H2,8,9). The molecule has 1 unspecified atom stereocenters. The summed E-state index contributed by atoms with van der Waals surface area (Å²) in [5.74, 6) is -0.686. The van der Waals surface area contributed by atoms with Crippen LogP contribution in [-0.2, 0) is 4.79 Å². The molecule has 0 heterocycles. The van der Waals surface area contributed by atoms with Crippen LogP contribution in [0.25, 0.3) is 0 Å². The highest BCUT2D eigenvalue weighted by molar-refractivity contribution is 6.01. The minimum absolute atomic E-state index is 0.0313. The van der Waals surface area contributed by atoms with Crippen molar-refractivity contribution in [2.75, 3.05) is 14.1 Å². The van der Waals surface area contributed by atoms with Gasteiger partial charge in [0.15, 0.2) is 5.84 Å².